The highest BCUT2D eigenvalue weighted by molar-refractivity contribution is 6.14. The van der Waals surface area contributed by atoms with Crippen LogP contribution in [0.4, 0.5) is 0 Å². The fourth-order valence-corrected chi connectivity index (χ4v) is 4.52. The van der Waals surface area contributed by atoms with Crippen molar-refractivity contribution in [3.8, 4) is 28.4 Å². The first kappa shape index (κ1) is 21.5. The molecule has 0 radical (unpaired) electrons. The number of aromatic amines is 2. The van der Waals surface area contributed by atoms with Crippen molar-refractivity contribution in [2.75, 3.05) is 0 Å². The zero-order valence-electron chi connectivity index (χ0n) is 19.1. The van der Waals surface area contributed by atoms with Crippen LogP contribution in [0.3, 0.4) is 0 Å². The molecule has 2 aromatic carbocycles. The average molecular weight is 485 g/mol. The van der Waals surface area contributed by atoms with Crippen molar-refractivity contribution in [3.05, 3.63) is 74.7 Å². The molecule has 0 aliphatic carbocycles. The lowest BCUT2D eigenvalue weighted by Crippen LogP contribution is -2.07. The number of benzene rings is 2. The van der Waals surface area contributed by atoms with Gasteiger partial charge in [-0.25, -0.2) is 4.79 Å². The predicted octanol–water partition coefficient (Wildman–Crippen LogP) is 4.83. The lowest BCUT2D eigenvalue weighted by Gasteiger charge is -2.09. The van der Waals surface area contributed by atoms with Gasteiger partial charge in [0, 0.05) is 17.0 Å². The van der Waals surface area contributed by atoms with Gasteiger partial charge in [0.1, 0.15) is 17.2 Å². The number of carboxylic acid groups (broad SMARTS) is 1. The molecule has 0 bridgehead atoms. The molecule has 4 aromatic heterocycles. The summed E-state index contributed by atoms with van der Waals surface area (Å²) in [6.07, 6.45) is 0. The maximum Gasteiger partial charge on any atom is 0.335 e. The number of H-pyrrole nitrogens is 2. The molecule has 36 heavy (non-hydrogen) atoms. The number of aromatic nitrogens is 3. The molecule has 0 aliphatic heterocycles. The Kier molecular flexibility index (Phi) is 4.49. The van der Waals surface area contributed by atoms with Crippen LogP contribution in [0.2, 0.25) is 0 Å². The largest absolute Gasteiger partial charge is 0.502 e. The summed E-state index contributed by atoms with van der Waals surface area (Å²) < 4.78 is 13.8. The molecule has 6 rings (SSSR count). The first-order valence-electron chi connectivity index (χ1n) is 11.1. The Bertz CT molecular complexity index is 1960. The standard InChI is InChI=1S/C26H19N3O7/c1-11(2)29-24-19(25(32)28-29)18(23-20(27-24)14-6-7-15(30)21(31)22(14)36-23)17-9-8-16(35-17)12-4-3-5-13(10-12)26(33)34/h3-11,27,31H,1-2H3,(H,28,32)(H,33,34). The third kappa shape index (κ3) is 3.01. The number of aromatic hydroxyl groups is 1. The molecule has 0 unspecified atom stereocenters. The van der Waals surface area contributed by atoms with E-state index in [4.69, 9.17) is 8.83 Å². The van der Waals surface area contributed by atoms with Gasteiger partial charge in [-0.15, -0.1) is 0 Å². The number of carboxylic acids is 1. The highest BCUT2D eigenvalue weighted by atomic mass is 16.4. The maximum absolute atomic E-state index is 13.1. The second-order valence-corrected chi connectivity index (χ2v) is 8.77. The molecule has 4 heterocycles. The molecular formula is C26H19N3O7. The van der Waals surface area contributed by atoms with E-state index in [1.807, 2.05) is 13.8 Å². The highest BCUT2D eigenvalue weighted by Crippen LogP contribution is 2.41. The number of phenolic OH excluding ortho intramolecular Hbond substituents is 1. The summed E-state index contributed by atoms with van der Waals surface area (Å²) >= 11 is 0. The number of rotatable bonds is 4. The molecule has 0 atom stereocenters. The molecule has 10 heteroatoms. The zero-order chi connectivity index (χ0) is 25.3. The van der Waals surface area contributed by atoms with Crippen LogP contribution < -0.4 is 11.0 Å². The molecule has 0 amide bonds. The number of nitrogens with zero attached hydrogens (tertiary/aromatic N) is 1. The Morgan fingerprint density at radius 3 is 2.53 bits per heavy atom. The number of fused-ring (bicyclic) bond motifs is 4. The smallest absolute Gasteiger partial charge is 0.335 e. The van der Waals surface area contributed by atoms with Crippen molar-refractivity contribution in [3.63, 3.8) is 0 Å². The molecule has 4 N–H and O–H groups in total. The predicted molar refractivity (Wildman–Crippen MR) is 133 cm³/mol. The third-order valence-corrected chi connectivity index (χ3v) is 6.21. The van der Waals surface area contributed by atoms with Crippen LogP contribution >= 0.6 is 0 Å². The number of furan rings is 2. The van der Waals surface area contributed by atoms with E-state index < -0.39 is 17.1 Å². The van der Waals surface area contributed by atoms with E-state index >= 15 is 0 Å². The normalized spacial score (nSPS) is 11.9. The molecule has 0 fully saturated rings. The fourth-order valence-electron chi connectivity index (χ4n) is 4.52. The Morgan fingerprint density at radius 2 is 1.78 bits per heavy atom. The van der Waals surface area contributed by atoms with Crippen LogP contribution in [0.15, 0.2) is 67.0 Å². The van der Waals surface area contributed by atoms with Gasteiger partial charge in [0.15, 0.2) is 11.2 Å². The van der Waals surface area contributed by atoms with E-state index in [0.29, 0.717) is 39.2 Å². The van der Waals surface area contributed by atoms with Crippen molar-refractivity contribution in [1.82, 2.24) is 14.8 Å². The quantitative estimate of drug-likeness (QED) is 0.279. The number of aromatic carboxylic acids is 1. The lowest BCUT2D eigenvalue weighted by molar-refractivity contribution is 0.0697. The summed E-state index contributed by atoms with van der Waals surface area (Å²) in [4.78, 5) is 39.8. The number of phenols is 1. The van der Waals surface area contributed by atoms with Crippen LogP contribution in [-0.4, -0.2) is 30.9 Å². The molecule has 0 spiro atoms. The molecular weight excluding hydrogens is 466 g/mol. The molecule has 180 valence electrons. The summed E-state index contributed by atoms with van der Waals surface area (Å²) in [6, 6.07) is 12.3. The van der Waals surface area contributed by atoms with E-state index in [2.05, 4.69) is 10.1 Å². The monoisotopic (exact) mass is 485 g/mol. The minimum absolute atomic E-state index is 0.00359. The minimum Gasteiger partial charge on any atom is -0.502 e. The average Bonchev–Trinajstić information content (AvgIpc) is 3.57. The van der Waals surface area contributed by atoms with Crippen LogP contribution in [0, 0.1) is 0 Å². The first-order valence-corrected chi connectivity index (χ1v) is 11.1. The van der Waals surface area contributed by atoms with E-state index in [1.54, 1.807) is 35.0 Å². The molecule has 0 aliphatic rings. The zero-order valence-corrected chi connectivity index (χ0v) is 19.1. The number of carbonyl (C=O) groups is 1. The number of hydrogen-bond acceptors (Lipinski definition) is 6. The number of nitrogens with one attached hydrogen (secondary N) is 2. The van der Waals surface area contributed by atoms with Crippen molar-refractivity contribution < 1.29 is 23.8 Å². The van der Waals surface area contributed by atoms with Crippen LogP contribution in [0.1, 0.15) is 30.2 Å². The van der Waals surface area contributed by atoms with Gasteiger partial charge in [-0.05, 0) is 50.2 Å². The van der Waals surface area contributed by atoms with E-state index in [9.17, 15) is 24.6 Å². The summed E-state index contributed by atoms with van der Waals surface area (Å²) in [5, 5.41) is 23.3. The Hall–Kier alpha value is -4.99. The maximum atomic E-state index is 13.1. The van der Waals surface area contributed by atoms with Gasteiger partial charge in [-0.1, -0.05) is 12.1 Å². The minimum atomic E-state index is -1.06. The van der Waals surface area contributed by atoms with E-state index in [1.165, 1.54) is 18.2 Å². The second-order valence-electron chi connectivity index (χ2n) is 8.77. The third-order valence-electron chi connectivity index (χ3n) is 6.21. The number of pyridine rings is 1. The molecule has 6 aromatic rings. The summed E-state index contributed by atoms with van der Waals surface area (Å²) in [5.74, 6) is -0.906. The van der Waals surface area contributed by atoms with Crippen molar-refractivity contribution in [1.29, 1.82) is 0 Å². The first-order chi connectivity index (χ1) is 17.2. The fraction of sp³-hybridized carbons (Fsp3) is 0.115. The molecule has 0 saturated heterocycles. The highest BCUT2D eigenvalue weighted by Gasteiger charge is 2.25. The lowest BCUT2D eigenvalue weighted by atomic mass is 10.1. The number of hydrogen-bond donors (Lipinski definition) is 4. The van der Waals surface area contributed by atoms with Crippen LogP contribution in [0.25, 0.3) is 55.7 Å². The van der Waals surface area contributed by atoms with E-state index in [-0.39, 0.29) is 33.7 Å². The van der Waals surface area contributed by atoms with Gasteiger partial charge in [0.25, 0.3) is 5.56 Å². The van der Waals surface area contributed by atoms with Gasteiger partial charge in [-0.3, -0.25) is 19.4 Å². The van der Waals surface area contributed by atoms with Crippen LogP contribution in [0.5, 0.6) is 5.75 Å². The van der Waals surface area contributed by atoms with Gasteiger partial charge in [0.2, 0.25) is 11.2 Å². The van der Waals surface area contributed by atoms with Crippen molar-refractivity contribution in [2.45, 2.75) is 19.9 Å². The van der Waals surface area contributed by atoms with Crippen molar-refractivity contribution in [2.24, 2.45) is 0 Å². The summed E-state index contributed by atoms with van der Waals surface area (Å²) in [6.45, 7) is 3.83. The Labute approximate surface area is 201 Å². The molecule has 0 saturated carbocycles. The SMILES string of the molecule is CC(C)n1[nH]c(=O)c2c(-c3ccc(-c4cccc(C(=O)O)c4)o3)c3oc4c(O)c(=O)ccc4c3[nH]c21. The second kappa shape index (κ2) is 7.51. The van der Waals surface area contributed by atoms with Gasteiger partial charge in [-0.2, -0.15) is 0 Å². The Balaban J connectivity index is 1.71. The van der Waals surface area contributed by atoms with Gasteiger partial charge in [0.05, 0.1) is 22.0 Å². The topological polar surface area (TPSA) is 154 Å². The van der Waals surface area contributed by atoms with E-state index in [0.717, 1.165) is 0 Å². The Morgan fingerprint density at radius 1 is 1.00 bits per heavy atom. The van der Waals surface area contributed by atoms with Gasteiger partial charge >= 0.3 is 5.97 Å². The summed E-state index contributed by atoms with van der Waals surface area (Å²) in [7, 11) is 0. The molecule has 10 nitrogen and oxygen atoms in total. The summed E-state index contributed by atoms with van der Waals surface area (Å²) in [5.41, 5.74) is 1.20. The van der Waals surface area contributed by atoms with Crippen molar-refractivity contribution >= 4 is 39.1 Å². The van der Waals surface area contributed by atoms with Crippen LogP contribution in [-0.2, 0) is 0 Å². The van der Waals surface area contributed by atoms with Gasteiger partial charge < -0.3 is 24.0 Å².